The van der Waals surface area contributed by atoms with Crippen molar-refractivity contribution >= 4 is 29.3 Å². The lowest BCUT2D eigenvalue weighted by molar-refractivity contribution is -0.141. The number of amides is 1. The molecular weight excluding hydrogens is 258 g/mol. The molecule has 0 atom stereocenters. The van der Waals surface area contributed by atoms with E-state index in [9.17, 15) is 9.59 Å². The maximum absolute atomic E-state index is 11.5. The van der Waals surface area contributed by atoms with Crippen molar-refractivity contribution in [3.8, 4) is 0 Å². The van der Waals surface area contributed by atoms with Gasteiger partial charge < -0.3 is 15.0 Å². The van der Waals surface area contributed by atoms with E-state index in [-0.39, 0.29) is 19.0 Å². The summed E-state index contributed by atoms with van der Waals surface area (Å²) in [7, 11) is 2.98. The van der Waals surface area contributed by atoms with Crippen LogP contribution in [0, 0.1) is 0 Å². The van der Waals surface area contributed by atoms with Gasteiger partial charge in [-0.05, 0) is 12.1 Å². The van der Waals surface area contributed by atoms with Crippen LogP contribution in [0.15, 0.2) is 18.3 Å². The van der Waals surface area contributed by atoms with Crippen LogP contribution in [0.5, 0.6) is 0 Å². The number of hydrogen-bond acceptors (Lipinski definition) is 5. The number of halogens is 1. The molecule has 98 valence electrons. The summed E-state index contributed by atoms with van der Waals surface area (Å²) >= 11 is 5.71. The van der Waals surface area contributed by atoms with E-state index < -0.39 is 5.97 Å². The van der Waals surface area contributed by atoms with Crippen LogP contribution in [-0.2, 0) is 14.3 Å². The van der Waals surface area contributed by atoms with E-state index in [0.717, 1.165) is 0 Å². The monoisotopic (exact) mass is 271 g/mol. The lowest BCUT2D eigenvalue weighted by Crippen LogP contribution is -2.38. The summed E-state index contributed by atoms with van der Waals surface area (Å²) in [6, 6.07) is 3.39. The molecule has 7 heteroatoms. The van der Waals surface area contributed by atoms with Gasteiger partial charge in [0.15, 0.2) is 0 Å². The Morgan fingerprint density at radius 3 is 2.78 bits per heavy atom. The van der Waals surface area contributed by atoms with Gasteiger partial charge in [-0.1, -0.05) is 11.6 Å². The summed E-state index contributed by atoms with van der Waals surface area (Å²) in [5.74, 6) is -0.164. The summed E-state index contributed by atoms with van der Waals surface area (Å²) in [4.78, 5) is 28.0. The molecule has 0 aliphatic rings. The Balaban J connectivity index is 2.44. The van der Waals surface area contributed by atoms with Gasteiger partial charge in [0, 0.05) is 13.2 Å². The van der Waals surface area contributed by atoms with Gasteiger partial charge in [0.2, 0.25) is 5.91 Å². The maximum Gasteiger partial charge on any atom is 0.325 e. The number of pyridine rings is 1. The van der Waals surface area contributed by atoms with E-state index >= 15 is 0 Å². The molecule has 0 aromatic carbocycles. The topological polar surface area (TPSA) is 71.5 Å². The number of nitrogens with one attached hydrogen (secondary N) is 1. The zero-order valence-corrected chi connectivity index (χ0v) is 10.9. The molecule has 0 saturated carbocycles. The van der Waals surface area contributed by atoms with E-state index in [4.69, 9.17) is 11.6 Å². The van der Waals surface area contributed by atoms with Gasteiger partial charge in [-0.15, -0.1) is 0 Å². The van der Waals surface area contributed by atoms with Crippen molar-refractivity contribution in [2.75, 3.05) is 32.1 Å². The van der Waals surface area contributed by atoms with E-state index in [1.807, 2.05) is 0 Å². The van der Waals surface area contributed by atoms with Gasteiger partial charge in [-0.2, -0.15) is 0 Å². The Kier molecular flexibility index (Phi) is 5.38. The van der Waals surface area contributed by atoms with Crippen molar-refractivity contribution in [1.29, 1.82) is 0 Å². The second kappa shape index (κ2) is 6.80. The van der Waals surface area contributed by atoms with Gasteiger partial charge >= 0.3 is 5.97 Å². The molecule has 0 aliphatic carbocycles. The molecule has 1 heterocycles. The number of carbonyl (C=O) groups is 2. The summed E-state index contributed by atoms with van der Waals surface area (Å²) in [6.07, 6.45) is 1.50. The third kappa shape index (κ3) is 4.58. The Morgan fingerprint density at radius 2 is 2.22 bits per heavy atom. The Bertz CT molecular complexity index is 422. The molecule has 0 saturated heterocycles. The first kappa shape index (κ1) is 14.2. The molecular formula is C11H14ClN3O3. The maximum atomic E-state index is 11.5. The highest BCUT2D eigenvalue weighted by Crippen LogP contribution is 2.12. The normalized spacial score (nSPS) is 9.72. The fourth-order valence-electron chi connectivity index (χ4n) is 1.19. The van der Waals surface area contributed by atoms with E-state index in [1.165, 1.54) is 13.3 Å². The van der Waals surface area contributed by atoms with Crippen molar-refractivity contribution in [1.82, 2.24) is 10.3 Å². The first-order chi connectivity index (χ1) is 8.52. The number of esters is 1. The van der Waals surface area contributed by atoms with Gasteiger partial charge in [-0.25, -0.2) is 4.98 Å². The van der Waals surface area contributed by atoms with Crippen molar-refractivity contribution in [2.45, 2.75) is 0 Å². The number of likely N-dealkylation sites (N-methyl/N-ethyl adjacent to an activating group) is 1. The van der Waals surface area contributed by atoms with E-state index in [0.29, 0.717) is 10.8 Å². The molecule has 1 amide bonds. The highest BCUT2D eigenvalue weighted by Gasteiger charge is 2.09. The average molecular weight is 272 g/mol. The molecule has 1 aromatic rings. The molecule has 0 radical (unpaired) electrons. The third-order valence-corrected chi connectivity index (χ3v) is 2.36. The van der Waals surface area contributed by atoms with Gasteiger partial charge in [0.1, 0.15) is 12.4 Å². The standard InChI is InChI=1S/C11H14ClN3O3/c1-15(9-4-3-8(12)5-13-9)7-10(16)14-6-11(17)18-2/h3-5H,6-7H2,1-2H3,(H,14,16). The van der Waals surface area contributed by atoms with E-state index in [2.05, 4.69) is 15.0 Å². The molecule has 1 rings (SSSR count). The van der Waals surface area contributed by atoms with Crippen LogP contribution in [0.25, 0.3) is 0 Å². The van der Waals surface area contributed by atoms with Crippen LogP contribution < -0.4 is 10.2 Å². The second-order valence-corrected chi connectivity index (χ2v) is 3.98. The average Bonchev–Trinajstić information content (AvgIpc) is 2.36. The minimum atomic E-state index is -0.490. The molecule has 0 bridgehead atoms. The lowest BCUT2D eigenvalue weighted by atomic mass is 10.4. The number of carbonyl (C=O) groups excluding carboxylic acids is 2. The molecule has 6 nitrogen and oxygen atoms in total. The van der Waals surface area contributed by atoms with Gasteiger partial charge in [0.05, 0.1) is 18.7 Å². The third-order valence-electron chi connectivity index (χ3n) is 2.14. The largest absolute Gasteiger partial charge is 0.468 e. The number of hydrogen-bond donors (Lipinski definition) is 1. The minimum absolute atomic E-state index is 0.0889. The van der Waals surface area contributed by atoms with Crippen LogP contribution in [0.4, 0.5) is 5.82 Å². The first-order valence-electron chi connectivity index (χ1n) is 5.19. The summed E-state index contributed by atoms with van der Waals surface area (Å²) in [5, 5.41) is 2.97. The number of aromatic nitrogens is 1. The Morgan fingerprint density at radius 1 is 1.50 bits per heavy atom. The lowest BCUT2D eigenvalue weighted by Gasteiger charge is -2.17. The fourth-order valence-corrected chi connectivity index (χ4v) is 1.30. The number of methoxy groups -OCH3 is 1. The van der Waals surface area contributed by atoms with Crippen molar-refractivity contribution in [3.63, 3.8) is 0 Å². The fraction of sp³-hybridized carbons (Fsp3) is 0.364. The molecule has 0 unspecified atom stereocenters. The summed E-state index contributed by atoms with van der Waals surface area (Å²) < 4.78 is 4.41. The molecule has 1 N–H and O–H groups in total. The molecule has 0 spiro atoms. The summed E-state index contributed by atoms with van der Waals surface area (Å²) in [6.45, 7) is -0.0527. The highest BCUT2D eigenvalue weighted by atomic mass is 35.5. The van der Waals surface area contributed by atoms with Crippen LogP contribution in [0.2, 0.25) is 5.02 Å². The predicted molar refractivity (Wildman–Crippen MR) is 67.5 cm³/mol. The number of rotatable bonds is 5. The van der Waals surface area contributed by atoms with Crippen molar-refractivity contribution < 1.29 is 14.3 Å². The Labute approximate surface area is 110 Å². The first-order valence-corrected chi connectivity index (χ1v) is 5.57. The molecule has 1 aromatic heterocycles. The SMILES string of the molecule is COC(=O)CNC(=O)CN(C)c1ccc(Cl)cn1. The zero-order valence-electron chi connectivity index (χ0n) is 10.1. The zero-order chi connectivity index (χ0) is 13.5. The van der Waals surface area contributed by atoms with Gasteiger partial charge in [0.25, 0.3) is 0 Å². The molecule has 18 heavy (non-hydrogen) atoms. The number of nitrogens with zero attached hydrogens (tertiary/aromatic N) is 2. The van der Waals surface area contributed by atoms with Crippen LogP contribution >= 0.6 is 11.6 Å². The van der Waals surface area contributed by atoms with Crippen LogP contribution in [0.1, 0.15) is 0 Å². The smallest absolute Gasteiger partial charge is 0.325 e. The minimum Gasteiger partial charge on any atom is -0.468 e. The molecule has 0 fully saturated rings. The second-order valence-electron chi connectivity index (χ2n) is 3.54. The van der Waals surface area contributed by atoms with E-state index in [1.54, 1.807) is 24.1 Å². The number of anilines is 1. The van der Waals surface area contributed by atoms with Crippen molar-refractivity contribution in [3.05, 3.63) is 23.4 Å². The Hall–Kier alpha value is -1.82. The van der Waals surface area contributed by atoms with Gasteiger partial charge in [-0.3, -0.25) is 9.59 Å². The number of ether oxygens (including phenoxy) is 1. The quantitative estimate of drug-likeness (QED) is 0.788. The highest BCUT2D eigenvalue weighted by molar-refractivity contribution is 6.30. The van der Waals surface area contributed by atoms with Crippen molar-refractivity contribution in [2.24, 2.45) is 0 Å². The van der Waals surface area contributed by atoms with Crippen LogP contribution in [0.3, 0.4) is 0 Å². The molecule has 0 aliphatic heterocycles. The predicted octanol–water partition coefficient (Wildman–Crippen LogP) is 0.460. The summed E-state index contributed by atoms with van der Waals surface area (Å²) in [5.41, 5.74) is 0. The van der Waals surface area contributed by atoms with Crippen LogP contribution in [-0.4, -0.2) is 44.1 Å².